The number of rotatable bonds is 5. The number of nitrogens with zero attached hydrogens (tertiary/aromatic N) is 1. The molecule has 0 aromatic heterocycles. The summed E-state index contributed by atoms with van der Waals surface area (Å²) in [5.41, 5.74) is 6.06. The van der Waals surface area contributed by atoms with E-state index in [1.807, 2.05) is 0 Å². The molecule has 2 aromatic rings. The van der Waals surface area contributed by atoms with Gasteiger partial charge in [-0.1, -0.05) is 49.4 Å². The Labute approximate surface area is 157 Å². The molecular formula is C23H30N2O. The lowest BCUT2D eigenvalue weighted by Crippen LogP contribution is -2.40. The average molecular weight is 351 g/mol. The number of benzene rings is 2. The summed E-state index contributed by atoms with van der Waals surface area (Å²) < 4.78 is 0. The molecule has 1 unspecified atom stereocenters. The van der Waals surface area contributed by atoms with Crippen LogP contribution < -0.4 is 5.32 Å². The van der Waals surface area contributed by atoms with Crippen LogP contribution in [-0.4, -0.2) is 23.9 Å². The van der Waals surface area contributed by atoms with Crippen LogP contribution in [-0.2, 0) is 17.8 Å². The zero-order valence-electron chi connectivity index (χ0n) is 16.2. The van der Waals surface area contributed by atoms with Crippen LogP contribution in [0, 0.1) is 19.8 Å². The van der Waals surface area contributed by atoms with E-state index >= 15 is 0 Å². The minimum absolute atomic E-state index is 0.0667. The Kier molecular flexibility index (Phi) is 6.10. The van der Waals surface area contributed by atoms with Gasteiger partial charge in [-0.2, -0.15) is 0 Å². The number of piperidine rings is 1. The summed E-state index contributed by atoms with van der Waals surface area (Å²) >= 11 is 0. The molecule has 0 aliphatic carbocycles. The molecule has 3 rings (SSSR count). The second-order valence-electron chi connectivity index (χ2n) is 7.45. The maximum absolute atomic E-state index is 12.9. The molecule has 0 bridgehead atoms. The first-order chi connectivity index (χ1) is 12.6. The van der Waals surface area contributed by atoms with Gasteiger partial charge in [0.05, 0.1) is 5.92 Å². The van der Waals surface area contributed by atoms with E-state index in [0.717, 1.165) is 50.1 Å². The molecule has 1 saturated heterocycles. The van der Waals surface area contributed by atoms with E-state index in [1.165, 1.54) is 16.7 Å². The van der Waals surface area contributed by atoms with Gasteiger partial charge >= 0.3 is 0 Å². The summed E-state index contributed by atoms with van der Waals surface area (Å²) in [4.78, 5) is 15.3. The van der Waals surface area contributed by atoms with Gasteiger partial charge in [0.15, 0.2) is 0 Å². The van der Waals surface area contributed by atoms with Crippen LogP contribution in [0.1, 0.15) is 42.0 Å². The van der Waals surface area contributed by atoms with Crippen molar-refractivity contribution in [3.63, 3.8) is 0 Å². The third kappa shape index (κ3) is 4.34. The molecule has 0 saturated carbocycles. The van der Waals surface area contributed by atoms with Gasteiger partial charge in [-0.15, -0.1) is 0 Å². The SMILES string of the molecule is CCc1cccc(C)c1NC(=O)C1CCCN(Cc2ccccc2C)C1. The molecular weight excluding hydrogens is 320 g/mol. The Morgan fingerprint density at radius 2 is 1.81 bits per heavy atom. The monoisotopic (exact) mass is 350 g/mol. The lowest BCUT2D eigenvalue weighted by Gasteiger charge is -2.32. The van der Waals surface area contributed by atoms with E-state index < -0.39 is 0 Å². The molecule has 3 nitrogen and oxygen atoms in total. The summed E-state index contributed by atoms with van der Waals surface area (Å²) in [6.07, 6.45) is 2.99. The fraction of sp³-hybridized carbons (Fsp3) is 0.435. The Hall–Kier alpha value is -2.13. The highest BCUT2D eigenvalue weighted by molar-refractivity contribution is 5.94. The minimum atomic E-state index is 0.0667. The summed E-state index contributed by atoms with van der Waals surface area (Å²) in [5.74, 6) is 0.237. The van der Waals surface area contributed by atoms with Crippen molar-refractivity contribution in [1.82, 2.24) is 4.90 Å². The molecule has 1 atom stereocenters. The van der Waals surface area contributed by atoms with E-state index in [2.05, 4.69) is 73.5 Å². The predicted molar refractivity (Wildman–Crippen MR) is 108 cm³/mol. The first-order valence-corrected chi connectivity index (χ1v) is 9.74. The largest absolute Gasteiger partial charge is 0.325 e. The molecule has 26 heavy (non-hydrogen) atoms. The van der Waals surface area contributed by atoms with Gasteiger partial charge < -0.3 is 5.32 Å². The van der Waals surface area contributed by atoms with Gasteiger partial charge in [-0.25, -0.2) is 0 Å². The van der Waals surface area contributed by atoms with Gasteiger partial charge in [0.1, 0.15) is 0 Å². The molecule has 138 valence electrons. The highest BCUT2D eigenvalue weighted by Gasteiger charge is 2.26. The molecule has 1 fully saturated rings. The van der Waals surface area contributed by atoms with Crippen molar-refractivity contribution in [3.8, 4) is 0 Å². The fourth-order valence-corrected chi connectivity index (χ4v) is 3.87. The number of carbonyl (C=O) groups is 1. The number of anilines is 1. The zero-order valence-corrected chi connectivity index (χ0v) is 16.2. The van der Waals surface area contributed by atoms with Crippen LogP contribution in [0.2, 0.25) is 0 Å². The minimum Gasteiger partial charge on any atom is -0.325 e. The second kappa shape index (κ2) is 8.50. The standard InChI is InChI=1S/C23H30N2O/c1-4-19-12-7-10-18(3)22(19)24-23(26)21-13-8-14-25(16-21)15-20-11-6-5-9-17(20)2/h5-7,9-12,21H,4,8,13-16H2,1-3H3,(H,24,26). The summed E-state index contributed by atoms with van der Waals surface area (Å²) in [7, 11) is 0. The van der Waals surface area contributed by atoms with E-state index in [1.54, 1.807) is 0 Å². The Bertz CT molecular complexity index is 769. The highest BCUT2D eigenvalue weighted by atomic mass is 16.1. The van der Waals surface area contributed by atoms with E-state index in [4.69, 9.17) is 0 Å². The second-order valence-corrected chi connectivity index (χ2v) is 7.45. The smallest absolute Gasteiger partial charge is 0.228 e. The molecule has 1 amide bonds. The molecule has 1 N–H and O–H groups in total. The molecule has 2 aromatic carbocycles. The number of hydrogen-bond donors (Lipinski definition) is 1. The normalized spacial score (nSPS) is 17.9. The van der Waals surface area contributed by atoms with Crippen molar-refractivity contribution in [2.24, 2.45) is 5.92 Å². The van der Waals surface area contributed by atoms with Crippen molar-refractivity contribution < 1.29 is 4.79 Å². The average Bonchev–Trinajstić information content (AvgIpc) is 2.65. The maximum atomic E-state index is 12.9. The van der Waals surface area contributed by atoms with Crippen molar-refractivity contribution in [1.29, 1.82) is 0 Å². The lowest BCUT2D eigenvalue weighted by atomic mass is 9.95. The van der Waals surface area contributed by atoms with Gasteiger partial charge in [0, 0.05) is 18.8 Å². The van der Waals surface area contributed by atoms with Crippen molar-refractivity contribution >= 4 is 11.6 Å². The first kappa shape index (κ1) is 18.7. The van der Waals surface area contributed by atoms with Gasteiger partial charge in [0.25, 0.3) is 0 Å². The number of aryl methyl sites for hydroxylation is 3. The maximum Gasteiger partial charge on any atom is 0.228 e. The Morgan fingerprint density at radius 3 is 2.58 bits per heavy atom. The number of carbonyl (C=O) groups excluding carboxylic acids is 1. The summed E-state index contributed by atoms with van der Waals surface area (Å²) in [6.45, 7) is 9.21. The number of likely N-dealkylation sites (tertiary alicyclic amines) is 1. The third-order valence-electron chi connectivity index (χ3n) is 5.52. The quantitative estimate of drug-likeness (QED) is 0.846. The van der Waals surface area contributed by atoms with Crippen molar-refractivity contribution in [3.05, 3.63) is 64.7 Å². The van der Waals surface area contributed by atoms with Crippen LogP contribution in [0.25, 0.3) is 0 Å². The van der Waals surface area contributed by atoms with Crippen LogP contribution in [0.5, 0.6) is 0 Å². The van der Waals surface area contributed by atoms with Gasteiger partial charge in [-0.05, 0) is 61.9 Å². The van der Waals surface area contributed by atoms with Gasteiger partial charge in [-0.3, -0.25) is 9.69 Å². The molecule has 1 aliphatic heterocycles. The van der Waals surface area contributed by atoms with Crippen LogP contribution >= 0.6 is 0 Å². The number of amides is 1. The Morgan fingerprint density at radius 1 is 1.08 bits per heavy atom. The third-order valence-corrected chi connectivity index (χ3v) is 5.52. The molecule has 0 spiro atoms. The number of nitrogens with one attached hydrogen (secondary N) is 1. The molecule has 0 radical (unpaired) electrons. The summed E-state index contributed by atoms with van der Waals surface area (Å²) in [6, 6.07) is 14.8. The van der Waals surface area contributed by atoms with E-state index in [0.29, 0.717) is 0 Å². The highest BCUT2D eigenvalue weighted by Crippen LogP contribution is 2.25. The fourth-order valence-electron chi connectivity index (χ4n) is 3.87. The van der Waals surface area contributed by atoms with Crippen molar-refractivity contribution in [2.45, 2.75) is 46.6 Å². The van der Waals surface area contributed by atoms with Crippen LogP contribution in [0.3, 0.4) is 0 Å². The lowest BCUT2D eigenvalue weighted by molar-refractivity contribution is -0.121. The Balaban J connectivity index is 1.66. The summed E-state index contributed by atoms with van der Waals surface area (Å²) in [5, 5.41) is 3.23. The van der Waals surface area contributed by atoms with Gasteiger partial charge in [0.2, 0.25) is 5.91 Å². The first-order valence-electron chi connectivity index (χ1n) is 9.74. The number of para-hydroxylation sites is 1. The molecule has 1 aliphatic rings. The van der Waals surface area contributed by atoms with Crippen LogP contribution in [0.15, 0.2) is 42.5 Å². The van der Waals surface area contributed by atoms with Crippen molar-refractivity contribution in [2.75, 3.05) is 18.4 Å². The topological polar surface area (TPSA) is 32.3 Å². The van der Waals surface area contributed by atoms with Crippen LogP contribution in [0.4, 0.5) is 5.69 Å². The van der Waals surface area contributed by atoms with E-state index in [9.17, 15) is 4.79 Å². The predicted octanol–water partition coefficient (Wildman–Crippen LogP) is 4.72. The molecule has 3 heteroatoms. The number of hydrogen-bond acceptors (Lipinski definition) is 2. The zero-order chi connectivity index (χ0) is 18.5. The molecule has 1 heterocycles. The van der Waals surface area contributed by atoms with E-state index in [-0.39, 0.29) is 11.8 Å².